The fourth-order valence-corrected chi connectivity index (χ4v) is 4.40. The van der Waals surface area contributed by atoms with Crippen LogP contribution >= 0.6 is 15.9 Å². The van der Waals surface area contributed by atoms with Gasteiger partial charge in [-0.1, -0.05) is 22.0 Å². The molecule has 1 atom stereocenters. The molecular formula is C20H19BrN6O2. The molecule has 8 nitrogen and oxygen atoms in total. The molecule has 1 unspecified atom stereocenters. The Hall–Kier alpha value is -2.62. The average molecular weight is 455 g/mol. The van der Waals surface area contributed by atoms with Crippen molar-refractivity contribution in [1.29, 1.82) is 0 Å². The van der Waals surface area contributed by atoms with Crippen LogP contribution in [-0.4, -0.2) is 50.3 Å². The third kappa shape index (κ3) is 2.80. The molecule has 3 aromatic rings. The van der Waals surface area contributed by atoms with Gasteiger partial charge in [-0.3, -0.25) is 14.7 Å². The van der Waals surface area contributed by atoms with Gasteiger partial charge in [-0.15, -0.1) is 5.10 Å². The second kappa shape index (κ2) is 7.01. The summed E-state index contributed by atoms with van der Waals surface area (Å²) in [6, 6.07) is 11.8. The fourth-order valence-electron chi connectivity index (χ4n) is 4.04. The van der Waals surface area contributed by atoms with E-state index in [1.165, 1.54) is 0 Å². The molecule has 5 rings (SSSR count). The second-order valence-corrected chi connectivity index (χ2v) is 7.83. The summed E-state index contributed by atoms with van der Waals surface area (Å²) < 4.78 is 9.08. The number of nitrogens with zero attached hydrogens (tertiary/aromatic N) is 5. The number of ether oxygens (including phenoxy) is 1. The Morgan fingerprint density at radius 3 is 3.03 bits per heavy atom. The normalized spacial score (nSPS) is 20.5. The van der Waals surface area contributed by atoms with Crippen molar-refractivity contribution in [3.63, 3.8) is 0 Å². The largest absolute Gasteiger partial charge is 0.350 e. The minimum Gasteiger partial charge on any atom is -0.350 e. The number of pyridine rings is 1. The van der Waals surface area contributed by atoms with Gasteiger partial charge in [0, 0.05) is 29.3 Å². The summed E-state index contributed by atoms with van der Waals surface area (Å²) in [7, 11) is 0. The van der Waals surface area contributed by atoms with Crippen molar-refractivity contribution >= 4 is 21.8 Å². The first-order valence-corrected chi connectivity index (χ1v) is 10.3. The summed E-state index contributed by atoms with van der Waals surface area (Å²) in [4.78, 5) is 23.7. The van der Waals surface area contributed by atoms with Crippen LogP contribution in [0.5, 0.6) is 0 Å². The topological polar surface area (TPSA) is 85.2 Å². The van der Waals surface area contributed by atoms with Gasteiger partial charge in [-0.25, -0.2) is 9.67 Å². The predicted octanol–water partition coefficient (Wildman–Crippen LogP) is 2.22. The number of halogens is 1. The van der Waals surface area contributed by atoms with Gasteiger partial charge in [-0.2, -0.15) is 0 Å². The molecule has 1 N–H and O–H groups in total. The molecule has 0 spiro atoms. The molecule has 1 saturated heterocycles. The van der Waals surface area contributed by atoms with Gasteiger partial charge in [-0.05, 0) is 37.3 Å². The number of rotatable bonds is 3. The lowest BCUT2D eigenvalue weighted by molar-refractivity contribution is -0.0585. The summed E-state index contributed by atoms with van der Waals surface area (Å²) in [5.74, 6) is 0.583. The van der Waals surface area contributed by atoms with Gasteiger partial charge >= 0.3 is 0 Å². The number of benzene rings is 1. The van der Waals surface area contributed by atoms with Gasteiger partial charge in [0.05, 0.1) is 24.5 Å². The molecule has 0 bridgehead atoms. The predicted molar refractivity (Wildman–Crippen MR) is 108 cm³/mol. The van der Waals surface area contributed by atoms with Crippen molar-refractivity contribution in [3.05, 3.63) is 70.0 Å². The summed E-state index contributed by atoms with van der Waals surface area (Å²) in [5.41, 5.74) is 1.70. The van der Waals surface area contributed by atoms with Crippen molar-refractivity contribution in [2.24, 2.45) is 0 Å². The number of carbonyl (C=O) groups excluding carboxylic acids is 1. The molecule has 4 heterocycles. The molecule has 1 fully saturated rings. The number of hydrogen-bond acceptors (Lipinski definition) is 6. The maximum absolute atomic E-state index is 12.3. The molecular weight excluding hydrogens is 436 g/mol. The van der Waals surface area contributed by atoms with Crippen molar-refractivity contribution in [3.8, 4) is 5.69 Å². The lowest BCUT2D eigenvalue weighted by Crippen LogP contribution is -2.43. The van der Waals surface area contributed by atoms with E-state index in [0.29, 0.717) is 32.1 Å². The third-order valence-corrected chi connectivity index (χ3v) is 5.72. The molecule has 1 amide bonds. The zero-order valence-electron chi connectivity index (χ0n) is 15.8. The molecule has 0 radical (unpaired) electrons. The molecule has 2 aliphatic rings. The Labute approximate surface area is 176 Å². The maximum Gasteiger partial charge on any atom is 0.290 e. The molecule has 148 valence electrons. The van der Waals surface area contributed by atoms with E-state index in [4.69, 9.17) is 4.74 Å². The Morgan fingerprint density at radius 1 is 1.34 bits per heavy atom. The minimum absolute atomic E-state index is 0.168. The summed E-state index contributed by atoms with van der Waals surface area (Å²) in [5, 5.41) is 7.29. The number of fused-ring (bicyclic) bond motifs is 5. The zero-order chi connectivity index (χ0) is 20.0. The van der Waals surface area contributed by atoms with E-state index in [-0.39, 0.29) is 11.7 Å². The number of carbonyl (C=O) groups is 1. The van der Waals surface area contributed by atoms with Crippen molar-refractivity contribution < 1.29 is 9.53 Å². The van der Waals surface area contributed by atoms with Gasteiger partial charge in [0.2, 0.25) is 5.82 Å². The lowest BCUT2D eigenvalue weighted by Gasteiger charge is -2.35. The Bertz CT molecular complexity index is 1090. The van der Waals surface area contributed by atoms with E-state index in [1.54, 1.807) is 10.9 Å². The van der Waals surface area contributed by atoms with Gasteiger partial charge in [0.25, 0.3) is 5.91 Å². The van der Waals surface area contributed by atoms with E-state index in [9.17, 15) is 4.79 Å². The maximum atomic E-state index is 12.3. The van der Waals surface area contributed by atoms with E-state index in [0.717, 1.165) is 21.4 Å². The van der Waals surface area contributed by atoms with Crippen LogP contribution < -0.4 is 5.32 Å². The quantitative estimate of drug-likeness (QED) is 0.652. The van der Waals surface area contributed by atoms with E-state index in [1.807, 2.05) is 43.3 Å². The van der Waals surface area contributed by atoms with E-state index >= 15 is 0 Å². The molecule has 2 aliphatic heterocycles. The average Bonchev–Trinajstić information content (AvgIpc) is 3.32. The van der Waals surface area contributed by atoms with Crippen LogP contribution in [0.4, 0.5) is 0 Å². The molecule has 2 aromatic heterocycles. The Balaban J connectivity index is 1.75. The monoisotopic (exact) mass is 454 g/mol. The van der Waals surface area contributed by atoms with Crippen LogP contribution in [0.3, 0.4) is 0 Å². The number of amides is 1. The minimum atomic E-state index is -0.839. The van der Waals surface area contributed by atoms with Crippen molar-refractivity contribution in [2.45, 2.75) is 19.2 Å². The van der Waals surface area contributed by atoms with Crippen molar-refractivity contribution in [2.75, 3.05) is 19.7 Å². The van der Waals surface area contributed by atoms with Gasteiger partial charge in [0.15, 0.2) is 5.72 Å². The molecule has 9 heteroatoms. The standard InChI is InChI=1S/C20H19BrN6O2/c1-2-22-19(28)18-24-17-12-26-9-10-29-20(26,16-5-3-4-8-23-16)14-11-13(21)6-7-15(14)27(17)25-18/h3-8,11H,2,9-10,12H2,1H3,(H,22,28). The van der Waals surface area contributed by atoms with E-state index in [2.05, 4.69) is 41.2 Å². The van der Waals surface area contributed by atoms with Crippen LogP contribution in [-0.2, 0) is 17.0 Å². The molecule has 29 heavy (non-hydrogen) atoms. The van der Waals surface area contributed by atoms with Gasteiger partial charge in [0.1, 0.15) is 5.82 Å². The van der Waals surface area contributed by atoms with Crippen LogP contribution in [0.15, 0.2) is 47.1 Å². The SMILES string of the molecule is CCNC(=O)c1nc2n(n1)-c1ccc(Br)cc1C1(c3ccccn3)OCCN1C2. The summed E-state index contributed by atoms with van der Waals surface area (Å²) in [6.45, 7) is 4.16. The Morgan fingerprint density at radius 2 is 2.24 bits per heavy atom. The van der Waals surface area contributed by atoms with E-state index < -0.39 is 5.72 Å². The smallest absolute Gasteiger partial charge is 0.290 e. The lowest BCUT2D eigenvalue weighted by atomic mass is 9.95. The Kier molecular flexibility index (Phi) is 4.45. The number of aromatic nitrogens is 4. The zero-order valence-corrected chi connectivity index (χ0v) is 17.4. The third-order valence-electron chi connectivity index (χ3n) is 5.23. The first-order valence-electron chi connectivity index (χ1n) is 9.48. The highest BCUT2D eigenvalue weighted by molar-refractivity contribution is 9.10. The molecule has 0 aliphatic carbocycles. The van der Waals surface area contributed by atoms with Crippen LogP contribution in [0, 0.1) is 0 Å². The first kappa shape index (κ1) is 18.4. The first-order chi connectivity index (χ1) is 14.1. The highest BCUT2D eigenvalue weighted by Crippen LogP contribution is 2.45. The number of hydrogen-bond donors (Lipinski definition) is 1. The van der Waals surface area contributed by atoms with Gasteiger partial charge < -0.3 is 10.1 Å². The second-order valence-electron chi connectivity index (χ2n) is 6.91. The molecule has 1 aromatic carbocycles. The highest BCUT2D eigenvalue weighted by atomic mass is 79.9. The highest BCUT2D eigenvalue weighted by Gasteiger charge is 2.50. The molecule has 0 saturated carbocycles. The number of nitrogens with one attached hydrogen (secondary N) is 1. The van der Waals surface area contributed by atoms with Crippen LogP contribution in [0.25, 0.3) is 5.69 Å². The summed E-state index contributed by atoms with van der Waals surface area (Å²) >= 11 is 3.59. The van der Waals surface area contributed by atoms with Crippen molar-refractivity contribution in [1.82, 2.24) is 30.0 Å². The van der Waals surface area contributed by atoms with Crippen LogP contribution in [0.2, 0.25) is 0 Å². The summed E-state index contributed by atoms with van der Waals surface area (Å²) in [6.07, 6.45) is 1.77. The fraction of sp³-hybridized carbons (Fsp3) is 0.300. The van der Waals surface area contributed by atoms with Crippen LogP contribution in [0.1, 0.15) is 34.6 Å².